The molecular formula is C22H33ClN2O2S2. The maximum Gasteiger partial charge on any atom is 0.0922 e. The summed E-state index contributed by atoms with van der Waals surface area (Å²) in [5.74, 6) is 0.521. The Morgan fingerprint density at radius 2 is 1.62 bits per heavy atom. The lowest BCUT2D eigenvalue weighted by Crippen LogP contribution is -2.64. The molecule has 1 aliphatic heterocycles. The van der Waals surface area contributed by atoms with Crippen molar-refractivity contribution in [3.8, 4) is 0 Å². The molecule has 1 N–H and O–H groups in total. The van der Waals surface area contributed by atoms with Gasteiger partial charge in [-0.3, -0.25) is 0 Å². The van der Waals surface area contributed by atoms with Crippen molar-refractivity contribution in [1.82, 2.24) is 0 Å². The van der Waals surface area contributed by atoms with E-state index < -0.39 is 11.2 Å². The van der Waals surface area contributed by atoms with Gasteiger partial charge in [-0.25, -0.2) is 9.98 Å². The van der Waals surface area contributed by atoms with Crippen LogP contribution in [-0.2, 0) is 4.74 Å². The number of halogens is 1. The van der Waals surface area contributed by atoms with Crippen LogP contribution in [0.4, 0.5) is 0 Å². The van der Waals surface area contributed by atoms with E-state index in [9.17, 15) is 5.11 Å². The number of alkyl halides is 1. The van der Waals surface area contributed by atoms with Crippen LogP contribution in [0, 0.1) is 17.8 Å². The van der Waals surface area contributed by atoms with Crippen LogP contribution in [-0.4, -0.2) is 49.2 Å². The standard InChI is InChI=1S/C22H33ClN2O2S2/c1-19(2)16(23)8-11-22(5,27-19)15-6-9-20(3,25-13-29)14-7-10-21(4,26)18(17(14)15)24-12-28/h14-18,26H,6-11H2,1-5H3/t14-,15?,16-,17-,18+,20+,21+,22+/m0/s1. The third kappa shape index (κ3) is 4.15. The number of isothiocyanates is 2. The van der Waals surface area contributed by atoms with Gasteiger partial charge < -0.3 is 9.84 Å². The van der Waals surface area contributed by atoms with Crippen molar-refractivity contribution in [2.75, 3.05) is 0 Å². The normalized spacial score (nSPS) is 49.3. The third-order valence-corrected chi connectivity index (χ3v) is 9.02. The molecule has 0 aromatic rings. The fourth-order valence-corrected chi connectivity index (χ4v) is 6.93. The molecule has 162 valence electrons. The van der Waals surface area contributed by atoms with Crippen molar-refractivity contribution in [2.45, 2.75) is 107 Å². The van der Waals surface area contributed by atoms with E-state index in [2.05, 4.69) is 48.0 Å². The van der Waals surface area contributed by atoms with Crippen LogP contribution in [0.2, 0.25) is 0 Å². The van der Waals surface area contributed by atoms with E-state index in [0.29, 0.717) is 6.42 Å². The molecule has 0 spiro atoms. The number of hydrogen-bond donors (Lipinski definition) is 1. The summed E-state index contributed by atoms with van der Waals surface area (Å²) in [6.07, 6.45) is 5.17. The number of ether oxygens (including phenoxy) is 1. The van der Waals surface area contributed by atoms with Gasteiger partial charge in [0.1, 0.15) is 0 Å². The number of aliphatic imine (C=N–C) groups is 2. The molecule has 0 amide bonds. The van der Waals surface area contributed by atoms with Gasteiger partial charge in [0.2, 0.25) is 0 Å². The van der Waals surface area contributed by atoms with Crippen LogP contribution < -0.4 is 0 Å². The highest BCUT2D eigenvalue weighted by Crippen LogP contribution is 2.58. The Labute approximate surface area is 190 Å². The number of thiocarbonyl (C=S) groups is 2. The zero-order chi connectivity index (χ0) is 21.7. The molecule has 1 unspecified atom stereocenters. The monoisotopic (exact) mass is 456 g/mol. The first-order valence-electron chi connectivity index (χ1n) is 10.6. The van der Waals surface area contributed by atoms with Gasteiger partial charge >= 0.3 is 0 Å². The summed E-state index contributed by atoms with van der Waals surface area (Å²) in [4.78, 5) is 9.14. The minimum Gasteiger partial charge on any atom is -0.388 e. The fraction of sp³-hybridized carbons (Fsp3) is 0.909. The van der Waals surface area contributed by atoms with Crippen LogP contribution in [0.15, 0.2) is 9.98 Å². The van der Waals surface area contributed by atoms with E-state index >= 15 is 0 Å². The van der Waals surface area contributed by atoms with Crippen LogP contribution in [0.25, 0.3) is 0 Å². The molecule has 3 rings (SSSR count). The Balaban J connectivity index is 2.08. The molecule has 0 bridgehead atoms. The topological polar surface area (TPSA) is 54.2 Å². The van der Waals surface area contributed by atoms with Gasteiger partial charge in [-0.15, -0.1) is 11.6 Å². The van der Waals surface area contributed by atoms with E-state index in [1.807, 2.05) is 6.92 Å². The Morgan fingerprint density at radius 3 is 2.21 bits per heavy atom. The zero-order valence-corrected chi connectivity index (χ0v) is 20.5. The summed E-state index contributed by atoms with van der Waals surface area (Å²) in [7, 11) is 0. The first-order valence-corrected chi connectivity index (χ1v) is 11.9. The number of fused-ring (bicyclic) bond motifs is 1. The van der Waals surface area contributed by atoms with Crippen molar-refractivity contribution in [3.05, 3.63) is 0 Å². The van der Waals surface area contributed by atoms with E-state index in [4.69, 9.17) is 40.8 Å². The van der Waals surface area contributed by atoms with Gasteiger partial charge in [-0.1, -0.05) is 0 Å². The number of aliphatic hydroxyl groups is 1. The molecule has 0 aromatic heterocycles. The largest absolute Gasteiger partial charge is 0.388 e. The molecule has 3 aliphatic rings. The lowest BCUT2D eigenvalue weighted by atomic mass is 9.51. The maximum absolute atomic E-state index is 11.2. The Hall–Kier alpha value is -0.190. The molecule has 0 radical (unpaired) electrons. The van der Waals surface area contributed by atoms with E-state index in [-0.39, 0.29) is 40.3 Å². The Morgan fingerprint density at radius 1 is 0.966 bits per heavy atom. The smallest absolute Gasteiger partial charge is 0.0922 e. The van der Waals surface area contributed by atoms with Crippen molar-refractivity contribution in [1.29, 1.82) is 0 Å². The quantitative estimate of drug-likeness (QED) is 0.348. The second-order valence-corrected chi connectivity index (χ2v) is 11.4. The minimum absolute atomic E-state index is 0.0103. The maximum atomic E-state index is 11.2. The summed E-state index contributed by atoms with van der Waals surface area (Å²) in [5, 5.41) is 16.4. The zero-order valence-electron chi connectivity index (χ0n) is 18.1. The van der Waals surface area contributed by atoms with Gasteiger partial charge in [0.25, 0.3) is 0 Å². The number of hydrogen-bond acceptors (Lipinski definition) is 6. The molecule has 4 nitrogen and oxygen atoms in total. The summed E-state index contributed by atoms with van der Waals surface area (Å²) in [6, 6.07) is -0.332. The van der Waals surface area contributed by atoms with Crippen molar-refractivity contribution in [2.24, 2.45) is 27.7 Å². The van der Waals surface area contributed by atoms with Crippen LogP contribution in [0.3, 0.4) is 0 Å². The lowest BCUT2D eigenvalue weighted by molar-refractivity contribution is -0.220. The summed E-state index contributed by atoms with van der Waals surface area (Å²) in [5.41, 5.74) is -1.98. The van der Waals surface area contributed by atoms with Crippen LogP contribution >= 0.6 is 36.0 Å². The highest BCUT2D eigenvalue weighted by molar-refractivity contribution is 7.78. The predicted octanol–water partition coefficient (Wildman–Crippen LogP) is 5.46. The van der Waals surface area contributed by atoms with Gasteiger partial charge in [-0.2, -0.15) is 0 Å². The average molecular weight is 457 g/mol. The highest BCUT2D eigenvalue weighted by atomic mass is 35.5. The molecule has 0 aromatic carbocycles. The van der Waals surface area contributed by atoms with Gasteiger partial charge in [0, 0.05) is 0 Å². The minimum atomic E-state index is -0.930. The molecule has 2 aliphatic carbocycles. The van der Waals surface area contributed by atoms with Crippen LogP contribution in [0.5, 0.6) is 0 Å². The second kappa shape index (κ2) is 8.06. The molecule has 3 fully saturated rings. The summed E-state index contributed by atoms with van der Waals surface area (Å²) < 4.78 is 6.72. The molecule has 8 atom stereocenters. The van der Waals surface area contributed by atoms with Crippen molar-refractivity contribution in [3.63, 3.8) is 0 Å². The molecule has 7 heteroatoms. The lowest BCUT2D eigenvalue weighted by Gasteiger charge is -2.60. The van der Waals surface area contributed by atoms with Crippen molar-refractivity contribution < 1.29 is 9.84 Å². The second-order valence-electron chi connectivity index (χ2n) is 10.5. The van der Waals surface area contributed by atoms with Gasteiger partial charge in [-0.05, 0) is 115 Å². The van der Waals surface area contributed by atoms with Gasteiger partial charge in [0.15, 0.2) is 0 Å². The first-order chi connectivity index (χ1) is 13.4. The molecular weight excluding hydrogens is 424 g/mol. The first kappa shape index (κ1) is 23.5. The highest BCUT2D eigenvalue weighted by Gasteiger charge is 2.61. The summed E-state index contributed by atoms with van der Waals surface area (Å²) in [6.45, 7) is 10.4. The Kier molecular flexibility index (Phi) is 6.52. The third-order valence-electron chi connectivity index (χ3n) is 8.07. The fourth-order valence-electron chi connectivity index (χ4n) is 6.45. The van der Waals surface area contributed by atoms with Gasteiger partial charge in [0.05, 0.1) is 44.1 Å². The molecule has 1 heterocycles. The summed E-state index contributed by atoms with van der Waals surface area (Å²) >= 11 is 16.5. The predicted molar refractivity (Wildman–Crippen MR) is 124 cm³/mol. The van der Waals surface area contributed by atoms with Crippen LogP contribution in [0.1, 0.15) is 73.1 Å². The molecule has 1 saturated heterocycles. The Bertz CT molecular complexity index is 747. The van der Waals surface area contributed by atoms with E-state index in [1.165, 1.54) is 0 Å². The molecule has 2 saturated carbocycles. The van der Waals surface area contributed by atoms with E-state index in [0.717, 1.165) is 32.1 Å². The number of rotatable bonds is 3. The van der Waals surface area contributed by atoms with E-state index in [1.54, 1.807) is 0 Å². The number of nitrogens with zero attached hydrogens (tertiary/aromatic N) is 2. The molecule has 29 heavy (non-hydrogen) atoms. The average Bonchev–Trinajstić information content (AvgIpc) is 2.61. The van der Waals surface area contributed by atoms with Crippen molar-refractivity contribution >= 4 is 46.4 Å². The SMILES string of the molecule is CC1(C)O[C@@](C)(C2CC[C@@](C)(N=C=S)[C@H]3CC[C@@](C)(O)[C@H](N=C=S)[C@H]23)CC[C@@H]1Cl.